The molecule has 0 unspecified atom stereocenters. The van der Waals surface area contributed by atoms with Gasteiger partial charge in [-0.3, -0.25) is 9.52 Å². The van der Waals surface area contributed by atoms with Crippen LogP contribution < -0.4 is 15.4 Å². The summed E-state index contributed by atoms with van der Waals surface area (Å²) < 4.78 is 24.6. The van der Waals surface area contributed by atoms with Crippen LogP contribution >= 0.6 is 12.4 Å². The van der Waals surface area contributed by atoms with Gasteiger partial charge in [-0.1, -0.05) is 12.1 Å². The van der Waals surface area contributed by atoms with E-state index in [0.29, 0.717) is 25.2 Å². The van der Waals surface area contributed by atoms with Gasteiger partial charge in [0.05, 0.1) is 6.26 Å². The van der Waals surface area contributed by atoms with Crippen molar-refractivity contribution in [2.45, 2.75) is 13.0 Å². The summed E-state index contributed by atoms with van der Waals surface area (Å²) in [7, 11) is -1.50. The molecular formula is C12H20ClN3O3S. The Kier molecular flexibility index (Phi) is 8.21. The van der Waals surface area contributed by atoms with Gasteiger partial charge in [0.15, 0.2) is 0 Å². The monoisotopic (exact) mass is 321 g/mol. The Morgan fingerprint density at radius 1 is 1.30 bits per heavy atom. The summed E-state index contributed by atoms with van der Waals surface area (Å²) in [5, 5.41) is 5.66. The first-order valence-electron chi connectivity index (χ1n) is 5.89. The number of halogens is 1. The average molecular weight is 322 g/mol. The van der Waals surface area contributed by atoms with Crippen molar-refractivity contribution in [1.82, 2.24) is 10.6 Å². The van der Waals surface area contributed by atoms with Crippen LogP contribution in [0.25, 0.3) is 0 Å². The van der Waals surface area contributed by atoms with Gasteiger partial charge in [0.25, 0.3) is 0 Å². The van der Waals surface area contributed by atoms with Crippen molar-refractivity contribution < 1.29 is 13.2 Å². The maximum atomic E-state index is 11.4. The molecule has 0 aliphatic rings. The first-order valence-corrected chi connectivity index (χ1v) is 7.78. The highest BCUT2D eigenvalue weighted by Gasteiger charge is 2.04. The van der Waals surface area contributed by atoms with Crippen molar-refractivity contribution in [1.29, 1.82) is 0 Å². The molecule has 0 fully saturated rings. The third-order valence-electron chi connectivity index (χ3n) is 2.32. The number of anilines is 1. The van der Waals surface area contributed by atoms with E-state index in [4.69, 9.17) is 0 Å². The average Bonchev–Trinajstić information content (AvgIpc) is 2.32. The Morgan fingerprint density at radius 2 is 2.00 bits per heavy atom. The van der Waals surface area contributed by atoms with E-state index in [1.54, 1.807) is 25.2 Å². The zero-order chi connectivity index (χ0) is 14.3. The number of hydrogen-bond donors (Lipinski definition) is 3. The lowest BCUT2D eigenvalue weighted by atomic mass is 10.2. The summed E-state index contributed by atoms with van der Waals surface area (Å²) >= 11 is 0. The molecule has 0 aliphatic heterocycles. The van der Waals surface area contributed by atoms with Crippen LogP contribution in [-0.2, 0) is 21.4 Å². The first-order chi connectivity index (χ1) is 8.90. The van der Waals surface area contributed by atoms with E-state index >= 15 is 0 Å². The lowest BCUT2D eigenvalue weighted by Gasteiger charge is -2.08. The molecule has 6 nitrogen and oxygen atoms in total. The molecule has 1 aromatic carbocycles. The molecule has 0 aromatic heterocycles. The molecule has 0 spiro atoms. The Hall–Kier alpha value is -1.31. The van der Waals surface area contributed by atoms with Gasteiger partial charge >= 0.3 is 0 Å². The summed E-state index contributed by atoms with van der Waals surface area (Å²) in [5.74, 6) is -0.0455. The van der Waals surface area contributed by atoms with Crippen molar-refractivity contribution in [3.63, 3.8) is 0 Å². The van der Waals surface area contributed by atoms with Gasteiger partial charge in [-0.2, -0.15) is 0 Å². The SMILES string of the molecule is CNCCC(=O)NCc1cccc(NS(C)(=O)=O)c1.Cl. The van der Waals surface area contributed by atoms with E-state index in [9.17, 15) is 13.2 Å². The number of sulfonamides is 1. The zero-order valence-electron chi connectivity index (χ0n) is 11.5. The van der Waals surface area contributed by atoms with Crippen molar-refractivity contribution in [2.24, 2.45) is 0 Å². The second-order valence-corrected chi connectivity index (χ2v) is 5.95. The van der Waals surface area contributed by atoms with Gasteiger partial charge in [0.2, 0.25) is 15.9 Å². The fraction of sp³-hybridized carbons (Fsp3) is 0.417. The van der Waals surface area contributed by atoms with Crippen LogP contribution in [0.4, 0.5) is 5.69 Å². The number of carbonyl (C=O) groups excluding carboxylic acids is 1. The predicted octanol–water partition coefficient (Wildman–Crippen LogP) is 0.706. The molecule has 0 heterocycles. The van der Waals surface area contributed by atoms with Gasteiger partial charge in [-0.25, -0.2) is 8.42 Å². The molecule has 0 saturated carbocycles. The van der Waals surface area contributed by atoms with Gasteiger partial charge in [-0.05, 0) is 24.7 Å². The highest BCUT2D eigenvalue weighted by molar-refractivity contribution is 7.92. The summed E-state index contributed by atoms with van der Waals surface area (Å²) in [4.78, 5) is 11.4. The van der Waals surface area contributed by atoms with E-state index in [1.807, 2.05) is 6.07 Å². The van der Waals surface area contributed by atoms with Crippen molar-refractivity contribution in [2.75, 3.05) is 24.6 Å². The summed E-state index contributed by atoms with van der Waals surface area (Å²) in [6, 6.07) is 6.92. The first kappa shape index (κ1) is 18.7. The van der Waals surface area contributed by atoms with Crippen LogP contribution in [0, 0.1) is 0 Å². The summed E-state index contributed by atoms with van der Waals surface area (Å²) in [5.41, 5.74) is 1.33. The van der Waals surface area contributed by atoms with Gasteiger partial charge < -0.3 is 10.6 Å². The van der Waals surface area contributed by atoms with Crippen LogP contribution in [0.15, 0.2) is 24.3 Å². The maximum Gasteiger partial charge on any atom is 0.229 e. The lowest BCUT2D eigenvalue weighted by molar-refractivity contribution is -0.121. The number of nitrogens with one attached hydrogen (secondary N) is 3. The van der Waals surface area contributed by atoms with Crippen LogP contribution in [-0.4, -0.2) is 34.2 Å². The number of benzene rings is 1. The molecule has 0 bridgehead atoms. The Labute approximate surface area is 125 Å². The van der Waals surface area contributed by atoms with E-state index in [2.05, 4.69) is 15.4 Å². The number of carbonyl (C=O) groups is 1. The molecule has 1 aromatic rings. The van der Waals surface area contributed by atoms with Crippen LogP contribution in [0.1, 0.15) is 12.0 Å². The fourth-order valence-corrected chi connectivity index (χ4v) is 2.04. The van der Waals surface area contributed by atoms with E-state index in [1.165, 1.54) is 0 Å². The minimum Gasteiger partial charge on any atom is -0.352 e. The Morgan fingerprint density at radius 3 is 2.60 bits per heavy atom. The van der Waals surface area contributed by atoms with Crippen LogP contribution in [0.5, 0.6) is 0 Å². The smallest absolute Gasteiger partial charge is 0.229 e. The minimum atomic E-state index is -3.28. The van der Waals surface area contributed by atoms with E-state index in [-0.39, 0.29) is 18.3 Å². The molecule has 20 heavy (non-hydrogen) atoms. The molecular weight excluding hydrogens is 302 g/mol. The topological polar surface area (TPSA) is 87.3 Å². The van der Waals surface area contributed by atoms with Crippen LogP contribution in [0.2, 0.25) is 0 Å². The lowest BCUT2D eigenvalue weighted by Crippen LogP contribution is -2.26. The highest BCUT2D eigenvalue weighted by atomic mass is 35.5. The standard InChI is InChI=1S/C12H19N3O3S.ClH/c1-13-7-6-12(16)14-9-10-4-3-5-11(8-10)15-19(2,17)18;/h3-5,8,13,15H,6-7,9H2,1-2H3,(H,14,16);1H. The molecule has 0 atom stereocenters. The fourth-order valence-electron chi connectivity index (χ4n) is 1.49. The second kappa shape index (κ2) is 8.78. The third kappa shape index (κ3) is 7.98. The van der Waals surface area contributed by atoms with Crippen molar-refractivity contribution in [3.05, 3.63) is 29.8 Å². The summed E-state index contributed by atoms with van der Waals surface area (Å²) in [6.45, 7) is 1.00. The minimum absolute atomic E-state index is 0. The largest absolute Gasteiger partial charge is 0.352 e. The quantitative estimate of drug-likeness (QED) is 0.690. The normalized spacial score (nSPS) is 10.5. The van der Waals surface area contributed by atoms with Crippen LogP contribution in [0.3, 0.4) is 0 Å². The molecule has 0 radical (unpaired) electrons. The Bertz CT molecular complexity index is 535. The van der Waals surface area contributed by atoms with Gasteiger partial charge in [0.1, 0.15) is 0 Å². The number of amides is 1. The van der Waals surface area contributed by atoms with E-state index in [0.717, 1.165) is 11.8 Å². The predicted molar refractivity (Wildman–Crippen MR) is 82.5 cm³/mol. The Balaban J connectivity index is 0.00000361. The summed E-state index contributed by atoms with van der Waals surface area (Å²) in [6.07, 6.45) is 1.51. The molecule has 1 rings (SSSR count). The highest BCUT2D eigenvalue weighted by Crippen LogP contribution is 2.11. The molecule has 0 aliphatic carbocycles. The van der Waals surface area contributed by atoms with Gasteiger partial charge in [0, 0.05) is 25.2 Å². The zero-order valence-corrected chi connectivity index (χ0v) is 13.1. The number of hydrogen-bond acceptors (Lipinski definition) is 4. The van der Waals surface area contributed by atoms with Crippen molar-refractivity contribution >= 4 is 34.0 Å². The molecule has 8 heteroatoms. The van der Waals surface area contributed by atoms with Crippen molar-refractivity contribution in [3.8, 4) is 0 Å². The molecule has 114 valence electrons. The van der Waals surface area contributed by atoms with E-state index < -0.39 is 10.0 Å². The second-order valence-electron chi connectivity index (χ2n) is 4.20. The molecule has 0 saturated heterocycles. The van der Waals surface area contributed by atoms with Gasteiger partial charge in [-0.15, -0.1) is 12.4 Å². The number of rotatable bonds is 7. The molecule has 3 N–H and O–H groups in total. The molecule has 1 amide bonds. The maximum absolute atomic E-state index is 11.4. The third-order valence-corrected chi connectivity index (χ3v) is 2.93.